The van der Waals surface area contributed by atoms with Gasteiger partial charge in [-0.1, -0.05) is 6.07 Å². The zero-order valence-corrected chi connectivity index (χ0v) is 14.8. The Bertz CT molecular complexity index is 584. The number of likely N-dealkylation sites (N-methyl/N-ethyl adjacent to an activating group) is 1. The number of hydrogen-bond donors (Lipinski definition) is 0. The van der Waals surface area contributed by atoms with Crippen LogP contribution in [0, 0.1) is 23.0 Å². The van der Waals surface area contributed by atoms with Crippen molar-refractivity contribution in [2.24, 2.45) is 5.92 Å². The maximum Gasteiger partial charge on any atom is 0.292 e. The monoisotopic (exact) mass is 332 g/mol. The highest BCUT2D eigenvalue weighted by Gasteiger charge is 2.27. The van der Waals surface area contributed by atoms with E-state index in [2.05, 4.69) is 21.7 Å². The maximum atomic E-state index is 11.4. The molecule has 132 valence electrons. The first-order valence-corrected chi connectivity index (χ1v) is 8.94. The Kier molecular flexibility index (Phi) is 5.36. The summed E-state index contributed by atoms with van der Waals surface area (Å²) in [7, 11) is 2.18. The van der Waals surface area contributed by atoms with Gasteiger partial charge in [0.2, 0.25) is 0 Å². The van der Waals surface area contributed by atoms with E-state index in [1.165, 1.54) is 6.42 Å². The predicted molar refractivity (Wildman–Crippen MR) is 96.7 cm³/mol. The predicted octanol–water partition coefficient (Wildman–Crippen LogP) is 2.37. The molecule has 0 aliphatic carbocycles. The van der Waals surface area contributed by atoms with Gasteiger partial charge in [0.25, 0.3) is 5.69 Å². The van der Waals surface area contributed by atoms with Gasteiger partial charge in [-0.3, -0.25) is 10.1 Å². The fourth-order valence-corrected chi connectivity index (χ4v) is 3.88. The third kappa shape index (κ3) is 4.05. The second-order valence-corrected chi connectivity index (χ2v) is 7.31. The highest BCUT2D eigenvalue weighted by atomic mass is 16.6. The number of rotatable bonds is 4. The van der Waals surface area contributed by atoms with Crippen molar-refractivity contribution in [1.29, 1.82) is 0 Å². The molecular weight excluding hydrogens is 304 g/mol. The smallest absolute Gasteiger partial charge is 0.292 e. The van der Waals surface area contributed by atoms with Crippen LogP contribution in [-0.4, -0.2) is 67.6 Å². The number of piperidine rings is 1. The first-order valence-electron chi connectivity index (χ1n) is 8.94. The molecule has 3 rings (SSSR count). The number of piperazine rings is 1. The second kappa shape index (κ2) is 7.49. The summed E-state index contributed by atoms with van der Waals surface area (Å²) in [5, 5.41) is 11.4. The minimum atomic E-state index is -0.244. The topological polar surface area (TPSA) is 52.9 Å². The molecule has 1 atom stereocenters. The molecule has 6 nitrogen and oxygen atoms in total. The van der Waals surface area contributed by atoms with E-state index in [0.29, 0.717) is 5.92 Å². The SMILES string of the molecule is Cc1ccc(N2CCC[C@H](CN3CCN(C)CC3)C2)c([N+](=O)[O-])c1. The number of benzene rings is 1. The zero-order valence-electron chi connectivity index (χ0n) is 14.8. The third-order valence-corrected chi connectivity index (χ3v) is 5.30. The van der Waals surface area contributed by atoms with Gasteiger partial charge in [0.1, 0.15) is 5.69 Å². The average molecular weight is 332 g/mol. The summed E-state index contributed by atoms with van der Waals surface area (Å²) in [4.78, 5) is 18.3. The Morgan fingerprint density at radius 1 is 1.21 bits per heavy atom. The summed E-state index contributed by atoms with van der Waals surface area (Å²) in [6.45, 7) is 9.42. The Morgan fingerprint density at radius 2 is 1.96 bits per heavy atom. The number of anilines is 1. The van der Waals surface area contributed by atoms with Crippen LogP contribution in [-0.2, 0) is 0 Å². The van der Waals surface area contributed by atoms with Crippen LogP contribution in [0.4, 0.5) is 11.4 Å². The van der Waals surface area contributed by atoms with Crippen molar-refractivity contribution >= 4 is 11.4 Å². The normalized spacial score (nSPS) is 23.4. The van der Waals surface area contributed by atoms with Crippen molar-refractivity contribution in [1.82, 2.24) is 9.80 Å². The molecule has 0 unspecified atom stereocenters. The molecular formula is C18H28N4O2. The van der Waals surface area contributed by atoms with Crippen molar-refractivity contribution < 1.29 is 4.92 Å². The largest absolute Gasteiger partial charge is 0.366 e. The van der Waals surface area contributed by atoms with Crippen LogP contribution in [0.5, 0.6) is 0 Å². The fourth-order valence-electron chi connectivity index (χ4n) is 3.88. The van der Waals surface area contributed by atoms with Crippen LogP contribution < -0.4 is 4.90 Å². The van der Waals surface area contributed by atoms with E-state index in [0.717, 1.165) is 63.5 Å². The summed E-state index contributed by atoms with van der Waals surface area (Å²) >= 11 is 0. The van der Waals surface area contributed by atoms with Crippen molar-refractivity contribution in [3.05, 3.63) is 33.9 Å². The van der Waals surface area contributed by atoms with Gasteiger partial charge in [0.05, 0.1) is 4.92 Å². The quantitative estimate of drug-likeness (QED) is 0.626. The van der Waals surface area contributed by atoms with Gasteiger partial charge in [-0.15, -0.1) is 0 Å². The van der Waals surface area contributed by atoms with Gasteiger partial charge in [0, 0.05) is 51.9 Å². The van der Waals surface area contributed by atoms with Gasteiger partial charge in [-0.25, -0.2) is 0 Å². The molecule has 0 spiro atoms. The molecule has 2 heterocycles. The minimum Gasteiger partial charge on any atom is -0.366 e. The molecule has 2 aliphatic heterocycles. The van der Waals surface area contributed by atoms with E-state index in [-0.39, 0.29) is 10.6 Å². The fraction of sp³-hybridized carbons (Fsp3) is 0.667. The van der Waals surface area contributed by atoms with Crippen molar-refractivity contribution in [2.45, 2.75) is 19.8 Å². The first kappa shape index (κ1) is 17.2. The Balaban J connectivity index is 1.66. The number of nitro groups is 1. The molecule has 0 N–H and O–H groups in total. The van der Waals surface area contributed by atoms with Gasteiger partial charge < -0.3 is 14.7 Å². The summed E-state index contributed by atoms with van der Waals surface area (Å²) in [6, 6.07) is 5.59. The van der Waals surface area contributed by atoms with Gasteiger partial charge in [-0.2, -0.15) is 0 Å². The molecule has 1 aromatic carbocycles. The lowest BCUT2D eigenvalue weighted by atomic mass is 9.96. The Morgan fingerprint density at radius 3 is 2.67 bits per heavy atom. The second-order valence-electron chi connectivity index (χ2n) is 7.31. The van der Waals surface area contributed by atoms with Crippen LogP contribution in [0.25, 0.3) is 0 Å². The number of nitrogens with zero attached hydrogens (tertiary/aromatic N) is 4. The van der Waals surface area contributed by atoms with Crippen molar-refractivity contribution in [3.8, 4) is 0 Å². The standard InChI is InChI=1S/C18H28N4O2/c1-15-5-6-17(18(12-15)22(23)24)21-7-3-4-16(14-21)13-20-10-8-19(2)9-11-20/h5-6,12,16H,3-4,7-11,13-14H2,1-2H3/t16-/m1/s1. The Hall–Kier alpha value is -1.66. The Labute approximate surface area is 144 Å². The number of aryl methyl sites for hydroxylation is 1. The lowest BCUT2D eigenvalue weighted by Crippen LogP contribution is -2.48. The van der Waals surface area contributed by atoms with Gasteiger partial charge in [0.15, 0.2) is 0 Å². The lowest BCUT2D eigenvalue weighted by Gasteiger charge is -2.39. The minimum absolute atomic E-state index is 0.244. The molecule has 0 aromatic heterocycles. The van der Waals surface area contributed by atoms with Gasteiger partial charge >= 0.3 is 0 Å². The van der Waals surface area contributed by atoms with Crippen molar-refractivity contribution in [3.63, 3.8) is 0 Å². The zero-order chi connectivity index (χ0) is 17.1. The molecule has 1 aromatic rings. The van der Waals surface area contributed by atoms with E-state index in [1.807, 2.05) is 19.1 Å². The van der Waals surface area contributed by atoms with E-state index in [1.54, 1.807) is 6.07 Å². The first-order chi connectivity index (χ1) is 11.5. The molecule has 2 aliphatic rings. The van der Waals surface area contributed by atoms with E-state index >= 15 is 0 Å². The van der Waals surface area contributed by atoms with Gasteiger partial charge in [-0.05, 0) is 44.4 Å². The molecule has 2 fully saturated rings. The molecule has 2 saturated heterocycles. The van der Waals surface area contributed by atoms with E-state index in [4.69, 9.17) is 0 Å². The molecule has 24 heavy (non-hydrogen) atoms. The highest BCUT2D eigenvalue weighted by molar-refractivity contribution is 5.64. The summed E-state index contributed by atoms with van der Waals surface area (Å²) in [5.74, 6) is 0.600. The van der Waals surface area contributed by atoms with Crippen molar-refractivity contribution in [2.75, 3.05) is 57.8 Å². The molecule has 0 saturated carbocycles. The molecule has 0 bridgehead atoms. The molecule has 0 amide bonds. The number of nitro benzene ring substituents is 1. The van der Waals surface area contributed by atoms with Crippen LogP contribution in [0.1, 0.15) is 18.4 Å². The number of hydrogen-bond acceptors (Lipinski definition) is 5. The van der Waals surface area contributed by atoms with Crippen LogP contribution in [0.15, 0.2) is 18.2 Å². The molecule has 6 heteroatoms. The molecule has 0 radical (unpaired) electrons. The summed E-state index contributed by atoms with van der Waals surface area (Å²) in [5.41, 5.74) is 1.97. The van der Waals surface area contributed by atoms with Crippen LogP contribution in [0.3, 0.4) is 0 Å². The lowest BCUT2D eigenvalue weighted by molar-refractivity contribution is -0.384. The highest BCUT2D eigenvalue weighted by Crippen LogP contribution is 2.32. The van der Waals surface area contributed by atoms with Crippen LogP contribution >= 0.6 is 0 Å². The maximum absolute atomic E-state index is 11.4. The third-order valence-electron chi connectivity index (χ3n) is 5.30. The van der Waals surface area contributed by atoms with E-state index in [9.17, 15) is 10.1 Å². The van der Waals surface area contributed by atoms with Crippen LogP contribution in [0.2, 0.25) is 0 Å². The summed E-state index contributed by atoms with van der Waals surface area (Å²) < 4.78 is 0. The average Bonchev–Trinajstić information content (AvgIpc) is 2.57. The summed E-state index contributed by atoms with van der Waals surface area (Å²) in [6.07, 6.45) is 2.34. The van der Waals surface area contributed by atoms with E-state index < -0.39 is 0 Å².